The van der Waals surface area contributed by atoms with Crippen LogP contribution in [0.25, 0.3) is 0 Å². The summed E-state index contributed by atoms with van der Waals surface area (Å²) in [5.41, 5.74) is 0.593. The number of likely N-dealkylation sites (tertiary alicyclic amines) is 1. The third-order valence-electron chi connectivity index (χ3n) is 4.23. The monoisotopic (exact) mass is 259 g/mol. The molecule has 17 heavy (non-hydrogen) atoms. The Morgan fingerprint density at radius 3 is 2.12 bits per heavy atom. The Hall–Kier alpha value is 0.270. The smallest absolute Gasteiger partial charge is 0.0565 e. The highest BCUT2D eigenvalue weighted by atomic mass is 32.2. The van der Waals surface area contributed by atoms with Gasteiger partial charge in [-0.05, 0) is 31.4 Å². The van der Waals surface area contributed by atoms with Crippen LogP contribution in [0.4, 0.5) is 0 Å². The predicted octanol–water partition coefficient (Wildman–Crippen LogP) is 3.00. The third kappa shape index (κ3) is 3.62. The highest BCUT2D eigenvalue weighted by Crippen LogP contribution is 2.41. The van der Waals surface area contributed by atoms with Crippen LogP contribution in [0, 0.1) is 5.41 Å². The SMILES string of the molecule is CCCC1(CCC)CN(C(C)C(CO)SC)C1. The highest BCUT2D eigenvalue weighted by molar-refractivity contribution is 7.99. The van der Waals surface area contributed by atoms with Gasteiger partial charge in [0.1, 0.15) is 0 Å². The molecule has 2 atom stereocenters. The van der Waals surface area contributed by atoms with Crippen molar-refractivity contribution in [1.29, 1.82) is 0 Å². The average molecular weight is 259 g/mol. The van der Waals surface area contributed by atoms with Crippen molar-refractivity contribution in [2.45, 2.75) is 57.7 Å². The van der Waals surface area contributed by atoms with E-state index in [9.17, 15) is 5.11 Å². The molecule has 0 aliphatic carbocycles. The molecule has 2 unspecified atom stereocenters. The summed E-state index contributed by atoms with van der Waals surface area (Å²) in [5.74, 6) is 0. The zero-order chi connectivity index (χ0) is 12.9. The fourth-order valence-corrected chi connectivity index (χ4v) is 3.98. The van der Waals surface area contributed by atoms with Gasteiger partial charge in [0.15, 0.2) is 0 Å². The second kappa shape index (κ2) is 7.01. The van der Waals surface area contributed by atoms with Crippen LogP contribution >= 0.6 is 11.8 Å². The fraction of sp³-hybridized carbons (Fsp3) is 1.00. The predicted molar refractivity (Wildman–Crippen MR) is 77.7 cm³/mol. The Kier molecular flexibility index (Phi) is 6.32. The molecular formula is C14H29NOS. The maximum Gasteiger partial charge on any atom is 0.0565 e. The first-order valence-electron chi connectivity index (χ1n) is 7.00. The van der Waals surface area contributed by atoms with Gasteiger partial charge in [-0.15, -0.1) is 0 Å². The number of aliphatic hydroxyl groups is 1. The van der Waals surface area contributed by atoms with E-state index < -0.39 is 0 Å². The fourth-order valence-electron chi connectivity index (χ4n) is 3.26. The van der Waals surface area contributed by atoms with Crippen molar-refractivity contribution in [2.24, 2.45) is 5.41 Å². The zero-order valence-corrected chi connectivity index (χ0v) is 12.7. The number of rotatable bonds is 8. The van der Waals surface area contributed by atoms with Gasteiger partial charge in [0.2, 0.25) is 0 Å². The van der Waals surface area contributed by atoms with Crippen LogP contribution < -0.4 is 0 Å². The van der Waals surface area contributed by atoms with Crippen molar-refractivity contribution >= 4 is 11.8 Å². The van der Waals surface area contributed by atoms with Crippen molar-refractivity contribution in [1.82, 2.24) is 4.90 Å². The summed E-state index contributed by atoms with van der Waals surface area (Å²) in [6, 6.07) is 0.511. The molecule has 1 rings (SSSR count). The number of aliphatic hydroxyl groups excluding tert-OH is 1. The van der Waals surface area contributed by atoms with Crippen molar-refractivity contribution in [3.8, 4) is 0 Å². The molecule has 102 valence electrons. The van der Waals surface area contributed by atoms with Crippen LogP contribution in [0.5, 0.6) is 0 Å². The normalized spacial score (nSPS) is 23.1. The Bertz CT molecular complexity index is 204. The number of thioether (sulfide) groups is 1. The molecular weight excluding hydrogens is 230 g/mol. The molecule has 3 heteroatoms. The molecule has 1 fully saturated rings. The lowest BCUT2D eigenvalue weighted by molar-refractivity contribution is -0.0423. The van der Waals surface area contributed by atoms with Crippen molar-refractivity contribution in [3.63, 3.8) is 0 Å². The Labute approximate surface area is 111 Å². The molecule has 0 bridgehead atoms. The first-order chi connectivity index (χ1) is 8.12. The number of hydrogen-bond acceptors (Lipinski definition) is 3. The van der Waals surface area contributed by atoms with Gasteiger partial charge in [-0.25, -0.2) is 0 Å². The Morgan fingerprint density at radius 2 is 1.76 bits per heavy atom. The summed E-state index contributed by atoms with van der Waals surface area (Å²) < 4.78 is 0. The lowest BCUT2D eigenvalue weighted by Gasteiger charge is -2.54. The van der Waals surface area contributed by atoms with E-state index in [1.807, 2.05) is 0 Å². The molecule has 1 heterocycles. The second-order valence-corrected chi connectivity index (χ2v) is 6.68. The largest absolute Gasteiger partial charge is 0.395 e. The first-order valence-corrected chi connectivity index (χ1v) is 8.29. The summed E-state index contributed by atoms with van der Waals surface area (Å²) in [6.07, 6.45) is 7.44. The number of hydrogen-bond donors (Lipinski definition) is 1. The molecule has 0 radical (unpaired) electrons. The van der Waals surface area contributed by atoms with Crippen molar-refractivity contribution in [2.75, 3.05) is 26.0 Å². The van der Waals surface area contributed by atoms with Crippen LogP contribution in [0.15, 0.2) is 0 Å². The number of nitrogens with zero attached hydrogens (tertiary/aromatic N) is 1. The molecule has 2 nitrogen and oxygen atoms in total. The molecule has 0 aromatic carbocycles. The van der Waals surface area contributed by atoms with Gasteiger partial charge in [0.05, 0.1) is 6.61 Å². The lowest BCUT2D eigenvalue weighted by atomic mass is 9.72. The quantitative estimate of drug-likeness (QED) is 0.725. The standard InChI is InChI=1S/C14H29NOS/c1-5-7-14(8-6-2)10-15(11-14)12(3)13(9-16)17-4/h12-13,16H,5-11H2,1-4H3. The summed E-state index contributed by atoms with van der Waals surface area (Å²) in [4.78, 5) is 2.56. The average Bonchev–Trinajstić information content (AvgIpc) is 2.27. The molecule has 0 aromatic heterocycles. The molecule has 0 amide bonds. The van der Waals surface area contributed by atoms with Crippen LogP contribution in [-0.4, -0.2) is 47.3 Å². The van der Waals surface area contributed by atoms with Gasteiger partial charge in [-0.2, -0.15) is 11.8 Å². The topological polar surface area (TPSA) is 23.5 Å². The summed E-state index contributed by atoms with van der Waals surface area (Å²) in [5, 5.41) is 9.73. The Balaban J connectivity index is 2.46. The van der Waals surface area contributed by atoms with E-state index in [1.165, 1.54) is 38.8 Å². The summed E-state index contributed by atoms with van der Waals surface area (Å²) >= 11 is 1.79. The van der Waals surface area contributed by atoms with Gasteiger partial charge in [0, 0.05) is 24.4 Å². The molecule has 0 spiro atoms. The zero-order valence-electron chi connectivity index (χ0n) is 11.9. The molecule has 1 N–H and O–H groups in total. The molecule has 0 saturated carbocycles. The third-order valence-corrected chi connectivity index (χ3v) is 5.38. The Morgan fingerprint density at radius 1 is 1.24 bits per heavy atom. The maximum absolute atomic E-state index is 9.35. The van der Waals surface area contributed by atoms with E-state index in [1.54, 1.807) is 11.8 Å². The van der Waals surface area contributed by atoms with Crippen LogP contribution in [0.3, 0.4) is 0 Å². The first kappa shape index (κ1) is 15.3. The maximum atomic E-state index is 9.35. The van der Waals surface area contributed by atoms with Crippen LogP contribution in [0.1, 0.15) is 46.5 Å². The van der Waals surface area contributed by atoms with Gasteiger partial charge < -0.3 is 5.11 Å². The van der Waals surface area contributed by atoms with Crippen LogP contribution in [0.2, 0.25) is 0 Å². The highest BCUT2D eigenvalue weighted by Gasteiger charge is 2.44. The van der Waals surface area contributed by atoms with E-state index in [4.69, 9.17) is 0 Å². The molecule has 1 saturated heterocycles. The minimum Gasteiger partial charge on any atom is -0.395 e. The lowest BCUT2D eigenvalue weighted by Crippen LogP contribution is -2.61. The molecule has 1 aliphatic rings. The van der Waals surface area contributed by atoms with Crippen LogP contribution in [-0.2, 0) is 0 Å². The van der Waals surface area contributed by atoms with Gasteiger partial charge in [-0.3, -0.25) is 4.90 Å². The molecule has 0 aromatic rings. The van der Waals surface area contributed by atoms with E-state index in [0.29, 0.717) is 23.3 Å². The molecule has 1 aliphatic heterocycles. The minimum atomic E-state index is 0.299. The van der Waals surface area contributed by atoms with E-state index >= 15 is 0 Å². The van der Waals surface area contributed by atoms with Gasteiger partial charge in [0.25, 0.3) is 0 Å². The summed E-state index contributed by atoms with van der Waals surface area (Å²) in [6.45, 7) is 9.64. The van der Waals surface area contributed by atoms with E-state index in [0.717, 1.165) is 0 Å². The van der Waals surface area contributed by atoms with E-state index in [2.05, 4.69) is 31.9 Å². The van der Waals surface area contributed by atoms with Gasteiger partial charge in [-0.1, -0.05) is 26.7 Å². The minimum absolute atomic E-state index is 0.299. The summed E-state index contributed by atoms with van der Waals surface area (Å²) in [7, 11) is 0. The van der Waals surface area contributed by atoms with Crippen molar-refractivity contribution < 1.29 is 5.11 Å². The van der Waals surface area contributed by atoms with Crippen molar-refractivity contribution in [3.05, 3.63) is 0 Å². The van der Waals surface area contributed by atoms with Gasteiger partial charge >= 0.3 is 0 Å². The van der Waals surface area contributed by atoms with E-state index in [-0.39, 0.29) is 0 Å². The second-order valence-electron chi connectivity index (χ2n) is 5.60.